The average molecular weight is 458 g/mol. The third kappa shape index (κ3) is 4.59. The molecule has 4 aromatic rings. The molecule has 1 saturated carbocycles. The van der Waals surface area contributed by atoms with E-state index in [1.54, 1.807) is 4.52 Å². The molecular weight excluding hydrogens is 433 g/mol. The number of nitrogens with one attached hydrogen (secondary N) is 2. The smallest absolute Gasteiger partial charge is 0.227 e. The van der Waals surface area contributed by atoms with Crippen molar-refractivity contribution in [2.75, 3.05) is 10.6 Å². The lowest BCUT2D eigenvalue weighted by molar-refractivity contribution is -0.119. The van der Waals surface area contributed by atoms with E-state index in [1.165, 1.54) is 0 Å². The summed E-state index contributed by atoms with van der Waals surface area (Å²) in [6, 6.07) is 17.6. The van der Waals surface area contributed by atoms with Gasteiger partial charge in [0, 0.05) is 41.0 Å². The van der Waals surface area contributed by atoms with Crippen LogP contribution in [0.25, 0.3) is 16.9 Å². The minimum Gasteiger partial charge on any atom is -0.366 e. The molecule has 2 heterocycles. The molecule has 2 N–H and O–H groups in total. The first-order valence-corrected chi connectivity index (χ1v) is 11.7. The molecule has 5 rings (SSSR count). The second kappa shape index (κ2) is 9.28. The molecule has 0 radical (unpaired) electrons. The number of hydrogen-bond donors (Lipinski definition) is 2. The molecule has 0 aliphatic heterocycles. The van der Waals surface area contributed by atoms with Crippen LogP contribution in [0.1, 0.15) is 31.2 Å². The number of carbonyl (C=O) groups is 1. The van der Waals surface area contributed by atoms with Gasteiger partial charge in [-0.25, -0.2) is 4.98 Å². The maximum Gasteiger partial charge on any atom is 0.227 e. The van der Waals surface area contributed by atoms with Crippen molar-refractivity contribution in [1.82, 2.24) is 14.6 Å². The van der Waals surface area contributed by atoms with E-state index in [2.05, 4.69) is 15.7 Å². The molecule has 6 nitrogen and oxygen atoms in total. The van der Waals surface area contributed by atoms with Crippen molar-refractivity contribution < 1.29 is 4.79 Å². The molecule has 2 aromatic carbocycles. The summed E-state index contributed by atoms with van der Waals surface area (Å²) in [6.45, 7) is 0.577. The van der Waals surface area contributed by atoms with Gasteiger partial charge in [0.05, 0.1) is 5.69 Å². The van der Waals surface area contributed by atoms with Crippen molar-refractivity contribution in [3.63, 3.8) is 0 Å². The van der Waals surface area contributed by atoms with Crippen molar-refractivity contribution >= 4 is 48.0 Å². The lowest BCUT2D eigenvalue weighted by atomic mass is 10.0. The van der Waals surface area contributed by atoms with Crippen molar-refractivity contribution in [2.24, 2.45) is 5.92 Å². The first kappa shape index (κ1) is 21.5. The lowest BCUT2D eigenvalue weighted by Crippen LogP contribution is -2.20. The Labute approximate surface area is 198 Å². The van der Waals surface area contributed by atoms with Crippen LogP contribution in [0.4, 0.5) is 11.5 Å². The average Bonchev–Trinajstić information content (AvgIpc) is 3.49. The summed E-state index contributed by atoms with van der Waals surface area (Å²) in [6.07, 6.45) is 6.07. The van der Waals surface area contributed by atoms with E-state index < -0.39 is 0 Å². The van der Waals surface area contributed by atoms with E-state index in [4.69, 9.17) is 16.6 Å². The molecule has 1 aliphatic carbocycles. The predicted octanol–water partition coefficient (Wildman–Crippen LogP) is 4.05. The minimum atomic E-state index is 0.129. The number of carbonyl (C=O) groups excluding carboxylic acids is 1. The molecule has 0 saturated heterocycles. The molecule has 0 spiro atoms. The van der Waals surface area contributed by atoms with Gasteiger partial charge in [0.1, 0.15) is 13.7 Å². The number of aromatic nitrogens is 3. The second-order valence-corrected chi connectivity index (χ2v) is 9.00. The van der Waals surface area contributed by atoms with Crippen LogP contribution in [0, 0.1) is 5.92 Å². The Bertz CT molecular complexity index is 1320. The van der Waals surface area contributed by atoms with Gasteiger partial charge in [-0.2, -0.15) is 9.61 Å². The van der Waals surface area contributed by atoms with E-state index in [1.807, 2.05) is 68.6 Å². The Hall–Kier alpha value is -3.32. The van der Waals surface area contributed by atoms with Crippen LogP contribution in [-0.4, -0.2) is 28.4 Å². The molecule has 166 valence electrons. The van der Waals surface area contributed by atoms with Crippen molar-refractivity contribution in [1.29, 1.82) is 0 Å². The Morgan fingerprint density at radius 3 is 2.76 bits per heavy atom. The van der Waals surface area contributed by atoms with E-state index in [0.29, 0.717) is 11.6 Å². The maximum absolute atomic E-state index is 12.5. The summed E-state index contributed by atoms with van der Waals surface area (Å²) in [5.41, 5.74) is 5.33. The highest BCUT2D eigenvalue weighted by Gasteiger charge is 2.22. The van der Waals surface area contributed by atoms with Crippen LogP contribution >= 0.6 is 11.6 Å². The Balaban J connectivity index is 1.38. The van der Waals surface area contributed by atoms with E-state index in [-0.39, 0.29) is 11.8 Å². The molecule has 1 fully saturated rings. The molecule has 2 aromatic heterocycles. The van der Waals surface area contributed by atoms with Crippen LogP contribution in [-0.2, 0) is 11.3 Å². The van der Waals surface area contributed by atoms with Crippen LogP contribution in [0.3, 0.4) is 0 Å². The molecular formula is C25H25BClN5O. The number of fused-ring (bicyclic) bond motifs is 1. The van der Waals surface area contributed by atoms with Crippen LogP contribution in [0.15, 0.2) is 60.8 Å². The monoisotopic (exact) mass is 457 g/mol. The minimum absolute atomic E-state index is 0.129. The summed E-state index contributed by atoms with van der Waals surface area (Å²) < 4.78 is 1.81. The fourth-order valence-corrected chi connectivity index (χ4v) is 4.62. The van der Waals surface area contributed by atoms with Crippen LogP contribution in [0.2, 0.25) is 5.02 Å². The van der Waals surface area contributed by atoms with E-state index in [9.17, 15) is 4.79 Å². The van der Waals surface area contributed by atoms with Crippen molar-refractivity contribution in [2.45, 2.75) is 32.2 Å². The molecule has 33 heavy (non-hydrogen) atoms. The summed E-state index contributed by atoms with van der Waals surface area (Å²) in [5.74, 6) is 1.09. The third-order valence-corrected chi connectivity index (χ3v) is 6.52. The van der Waals surface area contributed by atoms with Crippen LogP contribution in [0.5, 0.6) is 0 Å². The topological polar surface area (TPSA) is 71.3 Å². The first-order valence-electron chi connectivity index (χ1n) is 11.3. The van der Waals surface area contributed by atoms with Gasteiger partial charge in [0.25, 0.3) is 0 Å². The van der Waals surface area contributed by atoms with Gasteiger partial charge in [-0.3, -0.25) is 4.79 Å². The maximum atomic E-state index is 12.5. The summed E-state index contributed by atoms with van der Waals surface area (Å²) in [5, 5.41) is 11.7. The zero-order valence-corrected chi connectivity index (χ0v) is 19.3. The van der Waals surface area contributed by atoms with Gasteiger partial charge in [-0.05, 0) is 42.1 Å². The predicted molar refractivity (Wildman–Crippen MR) is 136 cm³/mol. The van der Waals surface area contributed by atoms with Crippen LogP contribution < -0.4 is 16.1 Å². The standard InChI is InChI=1S/C25H25BClN5O/c26-20-15-29-32-23(13-22(31-24(20)32)19-10-3-4-11-21(19)27)28-14-16-6-5-9-18(12-16)30-25(33)17-7-1-2-8-17/h3-6,9-13,15,17,28H,1-2,7-8,14,26H2,(H,30,33). The number of hydrogen-bond acceptors (Lipinski definition) is 4. The largest absolute Gasteiger partial charge is 0.366 e. The molecule has 0 atom stereocenters. The number of halogens is 1. The van der Waals surface area contributed by atoms with E-state index >= 15 is 0 Å². The van der Waals surface area contributed by atoms with Crippen molar-refractivity contribution in [3.05, 3.63) is 71.4 Å². The number of benzene rings is 2. The summed E-state index contributed by atoms with van der Waals surface area (Å²) >= 11 is 6.44. The first-order chi connectivity index (χ1) is 16.1. The Morgan fingerprint density at radius 2 is 1.94 bits per heavy atom. The molecule has 0 unspecified atom stereocenters. The molecule has 1 aliphatic rings. The summed E-state index contributed by atoms with van der Waals surface area (Å²) in [7, 11) is 1.99. The number of anilines is 2. The highest BCUT2D eigenvalue weighted by Crippen LogP contribution is 2.29. The summed E-state index contributed by atoms with van der Waals surface area (Å²) in [4.78, 5) is 17.3. The number of nitrogens with zero attached hydrogens (tertiary/aromatic N) is 3. The third-order valence-electron chi connectivity index (χ3n) is 6.19. The van der Waals surface area contributed by atoms with Gasteiger partial charge in [-0.1, -0.05) is 54.8 Å². The zero-order valence-electron chi connectivity index (χ0n) is 18.5. The number of amides is 1. The fourth-order valence-electron chi connectivity index (χ4n) is 4.39. The SMILES string of the molecule is Bc1cnn2c(NCc3cccc(NC(=O)C4CCCC4)c3)cc(-c3ccccc3Cl)nc12. The Kier molecular flexibility index (Phi) is 6.05. The van der Waals surface area contributed by atoms with Gasteiger partial charge in [-0.15, -0.1) is 0 Å². The van der Waals surface area contributed by atoms with Gasteiger partial charge in [0.15, 0.2) is 5.65 Å². The molecule has 8 heteroatoms. The zero-order chi connectivity index (χ0) is 22.8. The van der Waals surface area contributed by atoms with Gasteiger partial charge in [0.2, 0.25) is 5.91 Å². The highest BCUT2D eigenvalue weighted by atomic mass is 35.5. The lowest BCUT2D eigenvalue weighted by Gasteiger charge is -2.13. The van der Waals surface area contributed by atoms with E-state index in [0.717, 1.165) is 65.1 Å². The highest BCUT2D eigenvalue weighted by molar-refractivity contribution is 6.36. The number of rotatable bonds is 6. The normalized spacial score (nSPS) is 14.0. The van der Waals surface area contributed by atoms with Gasteiger partial charge < -0.3 is 10.6 Å². The second-order valence-electron chi connectivity index (χ2n) is 8.59. The quantitative estimate of drug-likeness (QED) is 0.429. The molecule has 1 amide bonds. The van der Waals surface area contributed by atoms with Crippen molar-refractivity contribution in [3.8, 4) is 11.3 Å². The fraction of sp³-hybridized carbons (Fsp3) is 0.240. The Morgan fingerprint density at radius 1 is 1.12 bits per heavy atom. The molecule has 0 bridgehead atoms. The van der Waals surface area contributed by atoms with Gasteiger partial charge >= 0.3 is 0 Å².